The molecule has 0 amide bonds. The Labute approximate surface area is 88.3 Å². The Bertz CT molecular complexity index is 302. The Balaban J connectivity index is 2.47. The van der Waals surface area contributed by atoms with Crippen LogP contribution in [0.1, 0.15) is 0 Å². The number of rotatable bonds is 4. The highest BCUT2D eigenvalue weighted by atomic mass is 32.2. The summed E-state index contributed by atoms with van der Waals surface area (Å²) in [5.41, 5.74) is 5.58. The van der Waals surface area contributed by atoms with Gasteiger partial charge in [0.15, 0.2) is 0 Å². The summed E-state index contributed by atoms with van der Waals surface area (Å²) in [5, 5.41) is 0. The van der Waals surface area contributed by atoms with E-state index in [9.17, 15) is 4.39 Å². The van der Waals surface area contributed by atoms with Crippen molar-refractivity contribution in [3.05, 3.63) is 24.0 Å². The summed E-state index contributed by atoms with van der Waals surface area (Å²) in [5.74, 6) is 0.621. The van der Waals surface area contributed by atoms with Gasteiger partial charge in [-0.1, -0.05) is 0 Å². The van der Waals surface area contributed by atoms with Gasteiger partial charge in [0.25, 0.3) is 0 Å². The summed E-state index contributed by atoms with van der Waals surface area (Å²) in [4.78, 5) is 3.03. The van der Waals surface area contributed by atoms with Gasteiger partial charge in [-0.3, -0.25) is 0 Å². The third-order valence-electron chi connectivity index (χ3n) is 1.78. The predicted molar refractivity (Wildman–Crippen MR) is 60.1 cm³/mol. The van der Waals surface area contributed by atoms with E-state index in [0.717, 1.165) is 17.2 Å². The topological polar surface area (TPSA) is 29.3 Å². The monoisotopic (exact) mass is 214 g/mol. The lowest BCUT2D eigenvalue weighted by Crippen LogP contribution is -2.14. The first-order chi connectivity index (χ1) is 6.59. The Hall–Kier alpha value is -0.740. The van der Waals surface area contributed by atoms with Crippen LogP contribution >= 0.6 is 11.8 Å². The number of benzene rings is 1. The first kappa shape index (κ1) is 11.3. The predicted octanol–water partition coefficient (Wildman–Crippen LogP) is 2.06. The van der Waals surface area contributed by atoms with Crippen LogP contribution in [0.25, 0.3) is 0 Å². The molecule has 0 atom stereocenters. The molecular formula is C10H15FN2S. The largest absolute Gasteiger partial charge is 0.396 e. The number of nitrogens with two attached hydrogens (primary N) is 1. The molecule has 1 rings (SSSR count). The van der Waals surface area contributed by atoms with E-state index in [-0.39, 0.29) is 11.5 Å². The Morgan fingerprint density at radius 1 is 1.43 bits per heavy atom. The van der Waals surface area contributed by atoms with Crippen LogP contribution in [0.5, 0.6) is 0 Å². The molecule has 0 bridgehead atoms. The van der Waals surface area contributed by atoms with E-state index >= 15 is 0 Å². The summed E-state index contributed by atoms with van der Waals surface area (Å²) < 4.78 is 13.0. The highest BCUT2D eigenvalue weighted by Crippen LogP contribution is 2.21. The average molecular weight is 214 g/mol. The summed E-state index contributed by atoms with van der Waals surface area (Å²) in [6.07, 6.45) is 0. The van der Waals surface area contributed by atoms with E-state index in [0.29, 0.717) is 0 Å². The molecule has 0 aliphatic heterocycles. The van der Waals surface area contributed by atoms with Crippen LogP contribution in [0.15, 0.2) is 23.1 Å². The van der Waals surface area contributed by atoms with E-state index in [1.165, 1.54) is 6.07 Å². The molecule has 0 radical (unpaired) electrons. The zero-order valence-electron chi connectivity index (χ0n) is 8.46. The summed E-state index contributed by atoms with van der Waals surface area (Å²) in [7, 11) is 4.04. The number of anilines is 1. The second-order valence-corrected chi connectivity index (χ2v) is 4.50. The van der Waals surface area contributed by atoms with Gasteiger partial charge in [-0.2, -0.15) is 0 Å². The van der Waals surface area contributed by atoms with Crippen molar-refractivity contribution in [1.29, 1.82) is 0 Å². The van der Waals surface area contributed by atoms with Gasteiger partial charge in [-0.25, -0.2) is 4.39 Å². The number of nitrogen functional groups attached to an aromatic ring is 1. The highest BCUT2D eigenvalue weighted by Gasteiger charge is 2.00. The van der Waals surface area contributed by atoms with Crippen molar-refractivity contribution in [2.24, 2.45) is 0 Å². The van der Waals surface area contributed by atoms with Crippen LogP contribution in [-0.2, 0) is 0 Å². The van der Waals surface area contributed by atoms with Crippen LogP contribution in [0, 0.1) is 5.82 Å². The molecule has 0 heterocycles. The summed E-state index contributed by atoms with van der Waals surface area (Å²) in [6.45, 7) is 0.983. The van der Waals surface area contributed by atoms with Crippen LogP contribution in [-0.4, -0.2) is 31.3 Å². The molecule has 0 aromatic heterocycles. The van der Waals surface area contributed by atoms with Crippen molar-refractivity contribution in [2.45, 2.75) is 4.90 Å². The summed E-state index contributed by atoms with van der Waals surface area (Å²) in [6, 6.07) is 4.93. The first-order valence-corrected chi connectivity index (χ1v) is 5.40. The van der Waals surface area contributed by atoms with Crippen molar-refractivity contribution in [3.63, 3.8) is 0 Å². The molecule has 2 N–H and O–H groups in total. The van der Waals surface area contributed by atoms with E-state index in [1.54, 1.807) is 17.8 Å². The maximum absolute atomic E-state index is 13.0. The van der Waals surface area contributed by atoms with Crippen molar-refractivity contribution in [1.82, 2.24) is 4.90 Å². The zero-order valence-corrected chi connectivity index (χ0v) is 9.27. The van der Waals surface area contributed by atoms with Crippen LogP contribution in [0.2, 0.25) is 0 Å². The number of thioether (sulfide) groups is 1. The second kappa shape index (κ2) is 5.22. The van der Waals surface area contributed by atoms with Gasteiger partial charge >= 0.3 is 0 Å². The third-order valence-corrected chi connectivity index (χ3v) is 2.75. The lowest BCUT2D eigenvalue weighted by molar-refractivity contribution is 0.437. The molecule has 78 valence electrons. The maximum atomic E-state index is 13.0. The van der Waals surface area contributed by atoms with Gasteiger partial charge in [0.2, 0.25) is 0 Å². The van der Waals surface area contributed by atoms with Gasteiger partial charge in [-0.05, 0) is 32.3 Å². The fraction of sp³-hybridized carbons (Fsp3) is 0.400. The molecule has 0 unspecified atom stereocenters. The van der Waals surface area contributed by atoms with Crippen molar-refractivity contribution in [3.8, 4) is 0 Å². The number of hydrogen-bond acceptors (Lipinski definition) is 3. The van der Waals surface area contributed by atoms with Crippen molar-refractivity contribution < 1.29 is 4.39 Å². The molecule has 0 spiro atoms. The Kier molecular flexibility index (Phi) is 4.22. The molecule has 4 heteroatoms. The second-order valence-electron chi connectivity index (χ2n) is 3.34. The van der Waals surface area contributed by atoms with Gasteiger partial charge in [0.05, 0.1) is 5.69 Å². The van der Waals surface area contributed by atoms with E-state index in [4.69, 9.17) is 5.73 Å². The number of hydrogen-bond donors (Lipinski definition) is 1. The van der Waals surface area contributed by atoms with Crippen molar-refractivity contribution in [2.75, 3.05) is 32.1 Å². The minimum absolute atomic E-state index is 0.210. The fourth-order valence-electron chi connectivity index (χ4n) is 0.944. The lowest BCUT2D eigenvalue weighted by Gasteiger charge is -2.08. The molecule has 0 saturated heterocycles. The van der Waals surface area contributed by atoms with Crippen LogP contribution in [0.4, 0.5) is 10.1 Å². The smallest absolute Gasteiger partial charge is 0.147 e. The molecule has 1 aromatic rings. The highest BCUT2D eigenvalue weighted by molar-refractivity contribution is 7.99. The van der Waals surface area contributed by atoms with E-state index in [1.807, 2.05) is 20.2 Å². The molecule has 0 aliphatic carbocycles. The van der Waals surface area contributed by atoms with E-state index in [2.05, 4.69) is 4.90 Å². The molecule has 2 nitrogen and oxygen atoms in total. The van der Waals surface area contributed by atoms with Crippen molar-refractivity contribution >= 4 is 17.4 Å². The molecule has 0 fully saturated rings. The van der Waals surface area contributed by atoms with Gasteiger partial charge in [0, 0.05) is 17.2 Å². The van der Waals surface area contributed by atoms with Gasteiger partial charge < -0.3 is 10.6 Å². The minimum Gasteiger partial charge on any atom is -0.396 e. The minimum atomic E-state index is -0.333. The lowest BCUT2D eigenvalue weighted by atomic mass is 10.3. The Morgan fingerprint density at radius 3 is 2.71 bits per heavy atom. The third kappa shape index (κ3) is 3.55. The average Bonchev–Trinajstić information content (AvgIpc) is 2.10. The number of halogens is 1. The molecule has 1 aromatic carbocycles. The van der Waals surface area contributed by atoms with Crippen LogP contribution in [0.3, 0.4) is 0 Å². The van der Waals surface area contributed by atoms with Gasteiger partial charge in [0.1, 0.15) is 5.82 Å². The Morgan fingerprint density at radius 2 is 2.14 bits per heavy atom. The molecular weight excluding hydrogens is 199 g/mol. The SMILES string of the molecule is CN(C)CCSc1ccc(N)c(F)c1. The summed E-state index contributed by atoms with van der Waals surface area (Å²) >= 11 is 1.63. The quantitative estimate of drug-likeness (QED) is 0.614. The maximum Gasteiger partial charge on any atom is 0.147 e. The molecule has 0 saturated carbocycles. The van der Waals surface area contributed by atoms with Crippen LogP contribution < -0.4 is 5.73 Å². The zero-order chi connectivity index (χ0) is 10.6. The normalized spacial score (nSPS) is 10.9. The first-order valence-electron chi connectivity index (χ1n) is 4.42. The fourth-order valence-corrected chi connectivity index (χ4v) is 1.99. The number of nitrogens with zero attached hydrogens (tertiary/aromatic N) is 1. The molecule has 0 aliphatic rings. The molecule has 14 heavy (non-hydrogen) atoms. The van der Waals surface area contributed by atoms with E-state index < -0.39 is 0 Å². The van der Waals surface area contributed by atoms with Gasteiger partial charge in [-0.15, -0.1) is 11.8 Å². The standard InChI is InChI=1S/C10H15FN2S/c1-13(2)5-6-14-8-3-4-10(12)9(11)7-8/h3-4,7H,5-6,12H2,1-2H3.